The Hall–Kier alpha value is -1.02. The normalized spacial score (nSPS) is 18.9. The lowest BCUT2D eigenvalue weighted by Crippen LogP contribution is -2.43. The molecule has 1 fully saturated rings. The quantitative estimate of drug-likeness (QED) is 0.397. The van der Waals surface area contributed by atoms with Gasteiger partial charge < -0.3 is 19.7 Å². The molecule has 1 N–H and O–H groups in total. The standard InChI is InChI=1S/C18H29N3O2.HI/c1-4-22-14-16-10-11-21(13-16)18(19-3)20-12-15(2)23-17-8-6-5-7-9-17;/h5-9,15-16H,4,10-14H2,1-3H3,(H,19,20);1H. The van der Waals surface area contributed by atoms with Crippen LogP contribution in [0.3, 0.4) is 0 Å². The van der Waals surface area contributed by atoms with Gasteiger partial charge in [-0.3, -0.25) is 4.99 Å². The molecule has 0 saturated carbocycles. The van der Waals surface area contributed by atoms with E-state index in [2.05, 4.69) is 22.1 Å². The van der Waals surface area contributed by atoms with Crippen molar-refractivity contribution in [1.29, 1.82) is 0 Å². The van der Waals surface area contributed by atoms with E-state index in [9.17, 15) is 0 Å². The number of guanidine groups is 1. The van der Waals surface area contributed by atoms with Gasteiger partial charge in [0.05, 0.1) is 13.2 Å². The minimum atomic E-state index is 0. The maximum atomic E-state index is 5.89. The van der Waals surface area contributed by atoms with Crippen LogP contribution in [0.1, 0.15) is 20.3 Å². The lowest BCUT2D eigenvalue weighted by molar-refractivity contribution is 0.114. The number of hydrogen-bond acceptors (Lipinski definition) is 3. The number of hydrogen-bond donors (Lipinski definition) is 1. The molecule has 1 aliphatic rings. The molecular formula is C18H30IN3O2. The van der Waals surface area contributed by atoms with Gasteiger partial charge in [0.2, 0.25) is 0 Å². The lowest BCUT2D eigenvalue weighted by atomic mass is 10.1. The van der Waals surface area contributed by atoms with E-state index in [0.717, 1.165) is 51.0 Å². The Balaban J connectivity index is 0.00000288. The van der Waals surface area contributed by atoms with Crippen molar-refractivity contribution in [1.82, 2.24) is 10.2 Å². The van der Waals surface area contributed by atoms with Crippen LogP contribution in [0, 0.1) is 5.92 Å². The van der Waals surface area contributed by atoms with E-state index in [-0.39, 0.29) is 30.1 Å². The summed E-state index contributed by atoms with van der Waals surface area (Å²) in [6.45, 7) is 8.51. The van der Waals surface area contributed by atoms with E-state index >= 15 is 0 Å². The van der Waals surface area contributed by atoms with Gasteiger partial charge in [-0.05, 0) is 32.4 Å². The monoisotopic (exact) mass is 447 g/mol. The van der Waals surface area contributed by atoms with Crippen LogP contribution in [0.4, 0.5) is 0 Å². The number of halogens is 1. The van der Waals surface area contributed by atoms with Crippen LogP contribution in [-0.4, -0.2) is 56.9 Å². The topological polar surface area (TPSA) is 46.1 Å². The number of nitrogens with one attached hydrogen (secondary N) is 1. The summed E-state index contributed by atoms with van der Waals surface area (Å²) in [5, 5.41) is 3.42. The minimum Gasteiger partial charge on any atom is -0.489 e. The maximum Gasteiger partial charge on any atom is 0.193 e. The fraction of sp³-hybridized carbons (Fsp3) is 0.611. The molecule has 5 nitrogen and oxygen atoms in total. The molecule has 0 radical (unpaired) electrons. The molecular weight excluding hydrogens is 417 g/mol. The summed E-state index contributed by atoms with van der Waals surface area (Å²) in [6, 6.07) is 9.91. The third-order valence-electron chi connectivity index (χ3n) is 3.98. The maximum absolute atomic E-state index is 5.89. The predicted octanol–water partition coefficient (Wildman–Crippen LogP) is 3.01. The number of likely N-dealkylation sites (tertiary alicyclic amines) is 1. The van der Waals surface area contributed by atoms with Gasteiger partial charge in [0.25, 0.3) is 0 Å². The lowest BCUT2D eigenvalue weighted by Gasteiger charge is -2.23. The van der Waals surface area contributed by atoms with Gasteiger partial charge in [-0.15, -0.1) is 24.0 Å². The van der Waals surface area contributed by atoms with E-state index in [1.54, 1.807) is 0 Å². The summed E-state index contributed by atoms with van der Waals surface area (Å²) in [7, 11) is 1.83. The van der Waals surface area contributed by atoms with Crippen molar-refractivity contribution in [2.24, 2.45) is 10.9 Å². The fourth-order valence-electron chi connectivity index (χ4n) is 2.79. The molecule has 0 aliphatic carbocycles. The largest absolute Gasteiger partial charge is 0.489 e. The summed E-state index contributed by atoms with van der Waals surface area (Å²) < 4.78 is 11.4. The third-order valence-corrected chi connectivity index (χ3v) is 3.98. The van der Waals surface area contributed by atoms with E-state index in [1.807, 2.05) is 44.3 Å². The van der Waals surface area contributed by atoms with Crippen LogP contribution in [0.25, 0.3) is 0 Å². The first-order valence-electron chi connectivity index (χ1n) is 8.48. The molecule has 1 aliphatic heterocycles. The second-order valence-electron chi connectivity index (χ2n) is 5.93. The molecule has 0 bridgehead atoms. The van der Waals surface area contributed by atoms with Crippen LogP contribution < -0.4 is 10.1 Å². The Morgan fingerprint density at radius 1 is 1.38 bits per heavy atom. The van der Waals surface area contributed by atoms with Crippen LogP contribution in [0.5, 0.6) is 5.75 Å². The van der Waals surface area contributed by atoms with Gasteiger partial charge in [0, 0.05) is 32.7 Å². The van der Waals surface area contributed by atoms with Gasteiger partial charge in [-0.25, -0.2) is 0 Å². The summed E-state index contributed by atoms with van der Waals surface area (Å²) >= 11 is 0. The third kappa shape index (κ3) is 6.84. The molecule has 0 amide bonds. The molecule has 1 aromatic carbocycles. The van der Waals surface area contributed by atoms with Gasteiger partial charge in [-0.1, -0.05) is 18.2 Å². The highest BCUT2D eigenvalue weighted by Crippen LogP contribution is 2.16. The number of ether oxygens (including phenoxy) is 2. The molecule has 2 unspecified atom stereocenters. The highest BCUT2D eigenvalue weighted by molar-refractivity contribution is 14.0. The second-order valence-corrected chi connectivity index (χ2v) is 5.93. The number of rotatable bonds is 7. The Morgan fingerprint density at radius 3 is 2.79 bits per heavy atom. The molecule has 2 atom stereocenters. The minimum absolute atomic E-state index is 0. The molecule has 24 heavy (non-hydrogen) atoms. The van der Waals surface area contributed by atoms with Crippen molar-refractivity contribution >= 4 is 29.9 Å². The predicted molar refractivity (Wildman–Crippen MR) is 109 cm³/mol. The molecule has 136 valence electrons. The van der Waals surface area contributed by atoms with Gasteiger partial charge >= 0.3 is 0 Å². The molecule has 1 saturated heterocycles. The molecule has 1 heterocycles. The number of para-hydroxylation sites is 1. The SMILES string of the molecule is CCOCC1CCN(C(=NC)NCC(C)Oc2ccccc2)C1.I. The Kier molecular flexibility index (Phi) is 10.1. The number of nitrogens with zero attached hydrogens (tertiary/aromatic N) is 2. The van der Waals surface area contributed by atoms with Crippen molar-refractivity contribution in [2.75, 3.05) is 39.9 Å². The van der Waals surface area contributed by atoms with Crippen LogP contribution in [0.15, 0.2) is 35.3 Å². The molecule has 1 aromatic rings. The highest BCUT2D eigenvalue weighted by atomic mass is 127. The smallest absolute Gasteiger partial charge is 0.193 e. The Bertz CT molecular complexity index is 484. The highest BCUT2D eigenvalue weighted by Gasteiger charge is 2.25. The van der Waals surface area contributed by atoms with Crippen LogP contribution >= 0.6 is 24.0 Å². The van der Waals surface area contributed by atoms with Crippen molar-refractivity contribution in [3.05, 3.63) is 30.3 Å². The van der Waals surface area contributed by atoms with E-state index in [4.69, 9.17) is 9.47 Å². The second kappa shape index (κ2) is 11.5. The zero-order valence-electron chi connectivity index (χ0n) is 14.9. The van der Waals surface area contributed by atoms with E-state index < -0.39 is 0 Å². The fourth-order valence-corrected chi connectivity index (χ4v) is 2.79. The van der Waals surface area contributed by atoms with Gasteiger partial charge in [0.1, 0.15) is 11.9 Å². The molecule has 0 spiro atoms. The number of benzene rings is 1. The van der Waals surface area contributed by atoms with Crippen molar-refractivity contribution in [2.45, 2.75) is 26.4 Å². The summed E-state index contributed by atoms with van der Waals surface area (Å²) in [5.41, 5.74) is 0. The van der Waals surface area contributed by atoms with Crippen molar-refractivity contribution < 1.29 is 9.47 Å². The zero-order chi connectivity index (χ0) is 16.5. The molecule has 6 heteroatoms. The average Bonchev–Trinajstić information content (AvgIpc) is 3.03. The first-order valence-corrected chi connectivity index (χ1v) is 8.48. The first kappa shape index (κ1) is 21.0. The van der Waals surface area contributed by atoms with Gasteiger partial charge in [0.15, 0.2) is 5.96 Å². The molecule has 2 rings (SSSR count). The number of aliphatic imine (C=N–C) groups is 1. The molecule has 0 aromatic heterocycles. The van der Waals surface area contributed by atoms with Gasteiger partial charge in [-0.2, -0.15) is 0 Å². The zero-order valence-corrected chi connectivity index (χ0v) is 17.2. The van der Waals surface area contributed by atoms with E-state index in [1.165, 1.54) is 0 Å². The Morgan fingerprint density at radius 2 is 2.12 bits per heavy atom. The first-order chi connectivity index (χ1) is 11.2. The van der Waals surface area contributed by atoms with Crippen molar-refractivity contribution in [3.63, 3.8) is 0 Å². The average molecular weight is 447 g/mol. The van der Waals surface area contributed by atoms with Crippen LogP contribution in [0.2, 0.25) is 0 Å². The van der Waals surface area contributed by atoms with E-state index in [0.29, 0.717) is 5.92 Å². The van der Waals surface area contributed by atoms with Crippen molar-refractivity contribution in [3.8, 4) is 5.75 Å². The summed E-state index contributed by atoms with van der Waals surface area (Å²) in [4.78, 5) is 6.70. The van der Waals surface area contributed by atoms with Crippen LogP contribution in [-0.2, 0) is 4.74 Å². The Labute approximate surface area is 162 Å². The summed E-state index contributed by atoms with van der Waals surface area (Å²) in [6.07, 6.45) is 1.24. The summed E-state index contributed by atoms with van der Waals surface area (Å²) in [5.74, 6) is 2.45.